The Kier molecular flexibility index (Phi) is 4.93. The molecule has 1 atom stereocenters. The van der Waals surface area contributed by atoms with Crippen LogP contribution in [0.25, 0.3) is 5.00 Å². The van der Waals surface area contributed by atoms with Crippen molar-refractivity contribution in [2.45, 2.75) is 33.0 Å². The van der Waals surface area contributed by atoms with Crippen molar-refractivity contribution < 1.29 is 9.13 Å². The predicted molar refractivity (Wildman–Crippen MR) is 116 cm³/mol. The molecule has 0 N–H and O–H groups in total. The van der Waals surface area contributed by atoms with Gasteiger partial charge in [-0.15, -0.1) is 21.5 Å². The number of halogens is 1. The molecule has 156 valence electrons. The van der Waals surface area contributed by atoms with Crippen molar-refractivity contribution >= 4 is 11.3 Å². The highest BCUT2D eigenvalue weighted by molar-refractivity contribution is 7.15. The minimum absolute atomic E-state index is 0.163. The number of benzene rings is 1. The molecule has 0 aliphatic carbocycles. The molecule has 3 aromatic heterocycles. The van der Waals surface area contributed by atoms with Gasteiger partial charge >= 0.3 is 0 Å². The van der Waals surface area contributed by atoms with Crippen molar-refractivity contribution in [1.29, 1.82) is 0 Å². The molecule has 6 nitrogen and oxygen atoms in total. The van der Waals surface area contributed by atoms with Gasteiger partial charge in [-0.1, -0.05) is 24.0 Å². The van der Waals surface area contributed by atoms with E-state index in [2.05, 4.69) is 31.7 Å². The Morgan fingerprint density at radius 2 is 2.03 bits per heavy atom. The standard InChI is InChI=1S/C23H20FN5OS/c1-14-22-27-26-15(2)29(22)23-20(13-30-14)19(10-16-4-7-18(24)8-5-16)21(31-23)9-6-17-11-25-28(3)12-17/h4-5,7-8,11-12,14H,10,13H2,1-3H3/t14-/m0/s1. The summed E-state index contributed by atoms with van der Waals surface area (Å²) in [5, 5.41) is 13.8. The number of fused-ring (bicyclic) bond motifs is 3. The van der Waals surface area contributed by atoms with Gasteiger partial charge in [0, 0.05) is 18.8 Å². The number of ether oxygens (including phenoxy) is 1. The average molecular weight is 434 g/mol. The van der Waals surface area contributed by atoms with Gasteiger partial charge in [-0.2, -0.15) is 5.10 Å². The van der Waals surface area contributed by atoms with Crippen LogP contribution in [0.5, 0.6) is 0 Å². The van der Waals surface area contributed by atoms with E-state index in [1.54, 1.807) is 22.2 Å². The van der Waals surface area contributed by atoms with E-state index in [1.807, 2.05) is 39.2 Å². The van der Waals surface area contributed by atoms with Gasteiger partial charge in [0.05, 0.1) is 23.2 Å². The fourth-order valence-corrected chi connectivity index (χ4v) is 4.94. The van der Waals surface area contributed by atoms with Gasteiger partial charge in [0.1, 0.15) is 22.7 Å². The van der Waals surface area contributed by atoms with E-state index in [1.165, 1.54) is 12.1 Å². The molecule has 4 aromatic rings. The number of hydrogen-bond donors (Lipinski definition) is 0. The van der Waals surface area contributed by atoms with Crippen LogP contribution in [0.1, 0.15) is 51.8 Å². The first kappa shape index (κ1) is 19.7. The van der Waals surface area contributed by atoms with Gasteiger partial charge in [-0.25, -0.2) is 4.39 Å². The molecule has 1 aliphatic rings. The Balaban J connectivity index is 1.66. The number of aryl methyl sites for hydroxylation is 2. The normalized spacial score (nSPS) is 15.0. The van der Waals surface area contributed by atoms with Gasteiger partial charge < -0.3 is 4.74 Å². The maximum absolute atomic E-state index is 13.4. The number of aromatic nitrogens is 5. The van der Waals surface area contributed by atoms with Crippen molar-refractivity contribution in [1.82, 2.24) is 24.5 Å². The molecule has 0 spiro atoms. The van der Waals surface area contributed by atoms with Crippen LogP contribution in [0.15, 0.2) is 36.7 Å². The molecular formula is C23H20FN5OS. The third-order valence-electron chi connectivity index (χ3n) is 5.31. The largest absolute Gasteiger partial charge is 0.366 e. The van der Waals surface area contributed by atoms with Crippen LogP contribution in [-0.2, 0) is 24.8 Å². The lowest BCUT2D eigenvalue weighted by Crippen LogP contribution is -2.04. The number of thiophene rings is 1. The summed E-state index contributed by atoms with van der Waals surface area (Å²) < 4.78 is 23.3. The smallest absolute Gasteiger partial charge is 0.167 e. The maximum atomic E-state index is 13.4. The minimum atomic E-state index is -0.244. The lowest BCUT2D eigenvalue weighted by molar-refractivity contribution is 0.0493. The highest BCUT2D eigenvalue weighted by Crippen LogP contribution is 2.39. The van der Waals surface area contributed by atoms with Crippen LogP contribution >= 0.6 is 11.3 Å². The first-order chi connectivity index (χ1) is 15.0. The topological polar surface area (TPSA) is 57.8 Å². The SMILES string of the molecule is Cc1nnc2n1-c1sc(C#Cc3cnn(C)c3)c(Cc3ccc(F)cc3)c1CO[C@H]2C. The molecule has 0 unspecified atom stereocenters. The molecule has 0 radical (unpaired) electrons. The van der Waals surface area contributed by atoms with E-state index in [4.69, 9.17) is 4.74 Å². The predicted octanol–water partition coefficient (Wildman–Crippen LogP) is 4.09. The lowest BCUT2D eigenvalue weighted by Gasteiger charge is -2.09. The summed E-state index contributed by atoms with van der Waals surface area (Å²) in [6, 6.07) is 6.60. The first-order valence-electron chi connectivity index (χ1n) is 9.93. The van der Waals surface area contributed by atoms with Gasteiger partial charge in [0.25, 0.3) is 0 Å². The van der Waals surface area contributed by atoms with E-state index in [-0.39, 0.29) is 11.9 Å². The maximum Gasteiger partial charge on any atom is 0.167 e. The molecule has 0 amide bonds. The fraction of sp³-hybridized carbons (Fsp3) is 0.261. The lowest BCUT2D eigenvalue weighted by atomic mass is 10.0. The number of rotatable bonds is 2. The van der Waals surface area contributed by atoms with Crippen LogP contribution in [-0.4, -0.2) is 24.5 Å². The molecule has 5 rings (SSSR count). The number of hydrogen-bond acceptors (Lipinski definition) is 5. The average Bonchev–Trinajstić information content (AvgIpc) is 3.41. The second-order valence-electron chi connectivity index (χ2n) is 7.54. The summed E-state index contributed by atoms with van der Waals surface area (Å²) in [4.78, 5) is 0.954. The van der Waals surface area contributed by atoms with E-state index in [9.17, 15) is 4.39 Å². The molecule has 31 heavy (non-hydrogen) atoms. The van der Waals surface area contributed by atoms with E-state index < -0.39 is 0 Å². The van der Waals surface area contributed by atoms with Crippen LogP contribution in [0.4, 0.5) is 4.39 Å². The summed E-state index contributed by atoms with van der Waals surface area (Å²) in [5.74, 6) is 7.92. The zero-order valence-electron chi connectivity index (χ0n) is 17.4. The summed E-state index contributed by atoms with van der Waals surface area (Å²) in [6.45, 7) is 4.39. The van der Waals surface area contributed by atoms with E-state index >= 15 is 0 Å². The van der Waals surface area contributed by atoms with Gasteiger partial charge in [0.15, 0.2) is 5.82 Å². The first-order valence-corrected chi connectivity index (χ1v) is 10.7. The Bertz CT molecular complexity index is 1320. The third kappa shape index (κ3) is 3.67. The molecule has 4 heterocycles. The summed E-state index contributed by atoms with van der Waals surface area (Å²) in [5.41, 5.74) is 4.05. The third-order valence-corrected chi connectivity index (χ3v) is 6.48. The van der Waals surface area contributed by atoms with Crippen LogP contribution in [0.2, 0.25) is 0 Å². The Labute approximate surface area is 183 Å². The van der Waals surface area contributed by atoms with E-state index in [0.29, 0.717) is 13.0 Å². The zero-order valence-corrected chi connectivity index (χ0v) is 18.2. The molecular weight excluding hydrogens is 413 g/mol. The van der Waals surface area contributed by atoms with Gasteiger partial charge in [-0.3, -0.25) is 9.25 Å². The Morgan fingerprint density at radius 3 is 2.77 bits per heavy atom. The summed E-state index contributed by atoms with van der Waals surface area (Å²) >= 11 is 1.62. The number of nitrogens with zero attached hydrogens (tertiary/aromatic N) is 5. The monoisotopic (exact) mass is 433 g/mol. The molecule has 0 fully saturated rings. The zero-order chi connectivity index (χ0) is 21.5. The van der Waals surface area contributed by atoms with Crippen molar-refractivity contribution in [3.63, 3.8) is 0 Å². The fourth-order valence-electron chi connectivity index (χ4n) is 3.70. The molecule has 0 saturated heterocycles. The van der Waals surface area contributed by atoms with Crippen LogP contribution in [0.3, 0.4) is 0 Å². The van der Waals surface area contributed by atoms with Crippen LogP contribution in [0, 0.1) is 24.6 Å². The van der Waals surface area contributed by atoms with Crippen molar-refractivity contribution in [2.75, 3.05) is 0 Å². The summed E-state index contributed by atoms with van der Waals surface area (Å²) in [6.07, 6.45) is 4.11. The van der Waals surface area contributed by atoms with Crippen molar-refractivity contribution in [3.8, 4) is 16.8 Å². The van der Waals surface area contributed by atoms with Crippen molar-refractivity contribution in [3.05, 3.63) is 81.3 Å². The van der Waals surface area contributed by atoms with E-state index in [0.717, 1.165) is 43.8 Å². The molecule has 0 bridgehead atoms. The molecule has 1 aromatic carbocycles. The second kappa shape index (κ2) is 7.76. The van der Waals surface area contributed by atoms with Crippen molar-refractivity contribution in [2.24, 2.45) is 7.05 Å². The highest BCUT2D eigenvalue weighted by atomic mass is 32.1. The van der Waals surface area contributed by atoms with Gasteiger partial charge in [0.2, 0.25) is 0 Å². The van der Waals surface area contributed by atoms with Crippen LogP contribution < -0.4 is 0 Å². The molecule has 8 heteroatoms. The Hall–Kier alpha value is -3.28. The quantitative estimate of drug-likeness (QED) is 0.447. The summed E-state index contributed by atoms with van der Waals surface area (Å²) in [7, 11) is 1.87. The Morgan fingerprint density at radius 1 is 1.23 bits per heavy atom. The van der Waals surface area contributed by atoms with Gasteiger partial charge in [-0.05, 0) is 43.5 Å². The molecule has 1 aliphatic heterocycles. The minimum Gasteiger partial charge on any atom is -0.366 e. The second-order valence-corrected chi connectivity index (χ2v) is 8.54. The molecule has 0 saturated carbocycles. The highest BCUT2D eigenvalue weighted by Gasteiger charge is 2.28.